The predicted octanol–water partition coefficient (Wildman–Crippen LogP) is 2.48. The molecule has 1 aliphatic heterocycles. The summed E-state index contributed by atoms with van der Waals surface area (Å²) in [4.78, 5) is 16.8. The van der Waals surface area contributed by atoms with Crippen molar-refractivity contribution in [2.24, 2.45) is 0 Å². The number of nitrogens with two attached hydrogens (primary N) is 1. The molecule has 1 fully saturated rings. The summed E-state index contributed by atoms with van der Waals surface area (Å²) in [6.45, 7) is 7.78. The van der Waals surface area contributed by atoms with E-state index >= 15 is 0 Å². The highest BCUT2D eigenvalue weighted by Crippen LogP contribution is 2.21. The van der Waals surface area contributed by atoms with Crippen LogP contribution >= 0.6 is 11.6 Å². The van der Waals surface area contributed by atoms with E-state index in [1.54, 1.807) is 18.2 Å². The fourth-order valence-electron chi connectivity index (χ4n) is 2.50. The van der Waals surface area contributed by atoms with Gasteiger partial charge in [0.1, 0.15) is 0 Å². The maximum Gasteiger partial charge on any atom is 0.255 e. The van der Waals surface area contributed by atoms with Crippen molar-refractivity contribution in [3.63, 3.8) is 0 Å². The van der Waals surface area contributed by atoms with E-state index in [-0.39, 0.29) is 5.91 Å². The van der Waals surface area contributed by atoms with Crippen molar-refractivity contribution in [3.8, 4) is 0 Å². The second kappa shape index (κ2) is 6.46. The van der Waals surface area contributed by atoms with E-state index in [1.165, 1.54) is 0 Å². The summed E-state index contributed by atoms with van der Waals surface area (Å²) >= 11 is 6.11. The largest absolute Gasteiger partial charge is 0.399 e. The van der Waals surface area contributed by atoms with Crippen molar-refractivity contribution in [2.45, 2.75) is 26.3 Å². The third kappa shape index (κ3) is 3.25. The molecule has 0 aromatic heterocycles. The van der Waals surface area contributed by atoms with E-state index in [0.717, 1.165) is 32.6 Å². The summed E-state index contributed by atoms with van der Waals surface area (Å²) in [5.41, 5.74) is 6.77. The van der Waals surface area contributed by atoms with E-state index in [9.17, 15) is 4.79 Å². The van der Waals surface area contributed by atoms with Gasteiger partial charge in [0.15, 0.2) is 0 Å². The summed E-state index contributed by atoms with van der Waals surface area (Å²) in [5.74, 6) is -0.00111. The number of anilines is 1. The first kappa shape index (κ1) is 15.1. The summed E-state index contributed by atoms with van der Waals surface area (Å²) in [7, 11) is 0. The lowest BCUT2D eigenvalue weighted by molar-refractivity contribution is 0.0580. The molecule has 1 heterocycles. The zero-order valence-corrected chi connectivity index (χ0v) is 12.9. The molecule has 4 nitrogen and oxygen atoms in total. The van der Waals surface area contributed by atoms with Crippen LogP contribution in [0.4, 0.5) is 5.69 Å². The number of hydrogen-bond donors (Lipinski definition) is 1. The van der Waals surface area contributed by atoms with Crippen LogP contribution in [0.2, 0.25) is 5.02 Å². The molecule has 5 heteroatoms. The molecule has 1 aliphatic rings. The highest BCUT2D eigenvalue weighted by Gasteiger charge is 2.25. The molecule has 1 aromatic carbocycles. The normalized spacial score (nSPS) is 18.1. The maximum atomic E-state index is 12.5. The zero-order chi connectivity index (χ0) is 14.7. The van der Waals surface area contributed by atoms with E-state index in [4.69, 9.17) is 17.3 Å². The number of hydrogen-bond acceptors (Lipinski definition) is 3. The van der Waals surface area contributed by atoms with Gasteiger partial charge in [-0.1, -0.05) is 18.5 Å². The average Bonchev–Trinajstić information content (AvgIpc) is 2.46. The molecule has 0 bridgehead atoms. The number of rotatable bonds is 3. The van der Waals surface area contributed by atoms with Crippen molar-refractivity contribution in [1.82, 2.24) is 9.80 Å². The highest BCUT2D eigenvalue weighted by atomic mass is 35.5. The quantitative estimate of drug-likeness (QED) is 0.872. The number of piperazine rings is 1. The Morgan fingerprint density at radius 3 is 2.55 bits per heavy atom. The van der Waals surface area contributed by atoms with Gasteiger partial charge in [0.2, 0.25) is 0 Å². The summed E-state index contributed by atoms with van der Waals surface area (Å²) in [6.07, 6.45) is 1.14. The van der Waals surface area contributed by atoms with Gasteiger partial charge in [-0.25, -0.2) is 0 Å². The molecule has 1 aromatic rings. The summed E-state index contributed by atoms with van der Waals surface area (Å²) in [5, 5.41) is 0.430. The Bertz CT molecular complexity index is 484. The van der Waals surface area contributed by atoms with Crippen LogP contribution < -0.4 is 5.73 Å². The topological polar surface area (TPSA) is 49.6 Å². The number of carbonyl (C=O) groups excluding carboxylic acids is 1. The Balaban J connectivity index is 2.01. The molecule has 1 unspecified atom stereocenters. The maximum absolute atomic E-state index is 12.5. The third-order valence-corrected chi connectivity index (χ3v) is 4.35. The molecule has 0 aliphatic carbocycles. The Morgan fingerprint density at radius 1 is 1.35 bits per heavy atom. The molecule has 20 heavy (non-hydrogen) atoms. The Morgan fingerprint density at radius 2 is 2.00 bits per heavy atom. The standard InChI is InChI=1S/C15H22ClN3O/c1-3-11(2)18-6-8-19(9-7-18)15(20)13-5-4-12(17)10-14(13)16/h4-5,10-11H,3,6-9,17H2,1-2H3. The van der Waals surface area contributed by atoms with Crippen molar-refractivity contribution >= 4 is 23.2 Å². The van der Waals surface area contributed by atoms with Crippen LogP contribution in [0.1, 0.15) is 30.6 Å². The van der Waals surface area contributed by atoms with Gasteiger partial charge < -0.3 is 10.6 Å². The fourth-order valence-corrected chi connectivity index (χ4v) is 2.77. The first-order chi connectivity index (χ1) is 9.52. The second-order valence-electron chi connectivity index (χ2n) is 5.32. The van der Waals surface area contributed by atoms with Gasteiger partial charge in [0, 0.05) is 37.9 Å². The number of halogens is 1. The molecule has 1 amide bonds. The molecule has 1 saturated heterocycles. The van der Waals surface area contributed by atoms with Gasteiger partial charge in [0.25, 0.3) is 5.91 Å². The van der Waals surface area contributed by atoms with Gasteiger partial charge in [-0.2, -0.15) is 0 Å². The highest BCUT2D eigenvalue weighted by molar-refractivity contribution is 6.34. The molecule has 0 spiro atoms. The van der Waals surface area contributed by atoms with Crippen molar-refractivity contribution in [2.75, 3.05) is 31.9 Å². The lowest BCUT2D eigenvalue weighted by Crippen LogP contribution is -2.51. The van der Waals surface area contributed by atoms with E-state index in [2.05, 4.69) is 18.7 Å². The monoisotopic (exact) mass is 295 g/mol. The van der Waals surface area contributed by atoms with Crippen molar-refractivity contribution in [3.05, 3.63) is 28.8 Å². The van der Waals surface area contributed by atoms with E-state index in [0.29, 0.717) is 22.3 Å². The van der Waals surface area contributed by atoms with Gasteiger partial charge in [-0.15, -0.1) is 0 Å². The van der Waals surface area contributed by atoms with E-state index < -0.39 is 0 Å². The Labute approximate surface area is 125 Å². The zero-order valence-electron chi connectivity index (χ0n) is 12.1. The molecule has 110 valence electrons. The minimum absolute atomic E-state index is 0.00111. The number of nitrogen functional groups attached to an aromatic ring is 1. The minimum atomic E-state index is -0.00111. The van der Waals surface area contributed by atoms with E-state index in [1.807, 2.05) is 4.90 Å². The van der Waals surface area contributed by atoms with Crippen LogP contribution in [0.5, 0.6) is 0 Å². The van der Waals surface area contributed by atoms with Gasteiger partial charge >= 0.3 is 0 Å². The number of amides is 1. The van der Waals surface area contributed by atoms with Crippen LogP contribution in [0.15, 0.2) is 18.2 Å². The Hall–Kier alpha value is -1.26. The third-order valence-electron chi connectivity index (χ3n) is 4.04. The molecule has 2 rings (SSSR count). The van der Waals surface area contributed by atoms with Crippen molar-refractivity contribution in [1.29, 1.82) is 0 Å². The van der Waals surface area contributed by atoms with Gasteiger partial charge in [-0.05, 0) is 31.5 Å². The van der Waals surface area contributed by atoms with Crippen LogP contribution in [-0.4, -0.2) is 47.9 Å². The number of carbonyl (C=O) groups is 1. The predicted molar refractivity (Wildman–Crippen MR) is 83.1 cm³/mol. The minimum Gasteiger partial charge on any atom is -0.399 e. The lowest BCUT2D eigenvalue weighted by atomic mass is 10.1. The smallest absolute Gasteiger partial charge is 0.255 e. The molecule has 1 atom stereocenters. The molecule has 2 N–H and O–H groups in total. The summed E-state index contributed by atoms with van der Waals surface area (Å²) in [6, 6.07) is 5.63. The van der Waals surface area contributed by atoms with Gasteiger partial charge in [-0.3, -0.25) is 9.69 Å². The molecule has 0 radical (unpaired) electrons. The molecule has 0 saturated carbocycles. The molecular weight excluding hydrogens is 274 g/mol. The number of nitrogens with zero attached hydrogens (tertiary/aromatic N) is 2. The van der Waals surface area contributed by atoms with Crippen LogP contribution in [0.3, 0.4) is 0 Å². The van der Waals surface area contributed by atoms with Gasteiger partial charge in [0.05, 0.1) is 10.6 Å². The second-order valence-corrected chi connectivity index (χ2v) is 5.73. The number of benzene rings is 1. The fraction of sp³-hybridized carbons (Fsp3) is 0.533. The lowest BCUT2D eigenvalue weighted by Gasteiger charge is -2.38. The van der Waals surface area contributed by atoms with Crippen LogP contribution in [0, 0.1) is 0 Å². The summed E-state index contributed by atoms with van der Waals surface area (Å²) < 4.78 is 0. The molecular formula is C15H22ClN3O. The first-order valence-corrected chi connectivity index (χ1v) is 7.49. The van der Waals surface area contributed by atoms with Crippen LogP contribution in [-0.2, 0) is 0 Å². The van der Waals surface area contributed by atoms with Crippen LogP contribution in [0.25, 0.3) is 0 Å². The first-order valence-electron chi connectivity index (χ1n) is 7.11. The average molecular weight is 296 g/mol. The van der Waals surface area contributed by atoms with Crippen molar-refractivity contribution < 1.29 is 4.79 Å². The SMILES string of the molecule is CCC(C)N1CCN(C(=O)c2ccc(N)cc2Cl)CC1. The Kier molecular flexibility index (Phi) is 4.89.